The molecular weight excluding hydrogens is 222 g/mol. The predicted molar refractivity (Wildman–Crippen MR) is 74.2 cm³/mol. The number of aryl methyl sites for hydroxylation is 2. The minimum absolute atomic E-state index is 0.769. The average molecular weight is 238 g/mol. The van der Waals surface area contributed by atoms with Crippen molar-refractivity contribution < 1.29 is 4.98 Å². The molecule has 18 heavy (non-hydrogen) atoms. The van der Waals surface area contributed by atoms with Crippen LogP contribution < -0.4 is 10.7 Å². The SMILES string of the molecule is Cc1ccc(C)c(-c2[nH]c3cc(N)ccc3[nH+]2)c1. The van der Waals surface area contributed by atoms with Crippen molar-refractivity contribution in [2.45, 2.75) is 13.8 Å². The molecule has 0 fully saturated rings. The Morgan fingerprint density at radius 1 is 1.06 bits per heavy atom. The van der Waals surface area contributed by atoms with E-state index >= 15 is 0 Å². The second kappa shape index (κ2) is 3.88. The van der Waals surface area contributed by atoms with Crippen molar-refractivity contribution in [2.24, 2.45) is 0 Å². The number of anilines is 1. The molecule has 3 heteroatoms. The first-order valence-corrected chi connectivity index (χ1v) is 6.01. The van der Waals surface area contributed by atoms with Gasteiger partial charge in [-0.1, -0.05) is 17.7 Å². The van der Waals surface area contributed by atoms with Crippen molar-refractivity contribution >= 4 is 16.7 Å². The number of imidazole rings is 1. The van der Waals surface area contributed by atoms with Gasteiger partial charge in [0.25, 0.3) is 5.82 Å². The van der Waals surface area contributed by atoms with Crippen LogP contribution in [-0.4, -0.2) is 4.98 Å². The number of benzene rings is 2. The molecule has 0 amide bonds. The number of hydrogen-bond donors (Lipinski definition) is 2. The molecule has 1 aromatic heterocycles. The van der Waals surface area contributed by atoms with Gasteiger partial charge in [0, 0.05) is 11.8 Å². The summed E-state index contributed by atoms with van der Waals surface area (Å²) in [5.41, 5.74) is 12.4. The third kappa shape index (κ3) is 1.74. The maximum Gasteiger partial charge on any atom is 0.285 e. The van der Waals surface area contributed by atoms with Crippen molar-refractivity contribution in [3.05, 3.63) is 47.5 Å². The summed E-state index contributed by atoms with van der Waals surface area (Å²) in [7, 11) is 0. The van der Waals surface area contributed by atoms with E-state index < -0.39 is 0 Å². The van der Waals surface area contributed by atoms with Crippen LogP contribution in [0.4, 0.5) is 5.69 Å². The van der Waals surface area contributed by atoms with Gasteiger partial charge in [-0.25, -0.2) is 9.97 Å². The Bertz CT molecular complexity index is 726. The van der Waals surface area contributed by atoms with Gasteiger partial charge in [-0.3, -0.25) is 0 Å². The number of hydrogen-bond acceptors (Lipinski definition) is 1. The van der Waals surface area contributed by atoms with Gasteiger partial charge in [0.05, 0.1) is 5.56 Å². The van der Waals surface area contributed by atoms with Crippen LogP contribution in [-0.2, 0) is 0 Å². The van der Waals surface area contributed by atoms with Crippen LogP contribution in [0, 0.1) is 13.8 Å². The molecule has 2 aromatic carbocycles. The van der Waals surface area contributed by atoms with Gasteiger partial charge in [0.2, 0.25) is 0 Å². The van der Waals surface area contributed by atoms with Crippen LogP contribution in [0.5, 0.6) is 0 Å². The monoisotopic (exact) mass is 238 g/mol. The van der Waals surface area contributed by atoms with E-state index in [1.54, 1.807) is 0 Å². The number of rotatable bonds is 1. The third-order valence-corrected chi connectivity index (χ3v) is 3.23. The highest BCUT2D eigenvalue weighted by Crippen LogP contribution is 2.22. The molecular formula is C15H16N3+. The van der Waals surface area contributed by atoms with E-state index in [0.717, 1.165) is 22.5 Å². The molecule has 0 spiro atoms. The number of aromatic amines is 2. The Hall–Kier alpha value is -2.29. The molecule has 0 bridgehead atoms. The summed E-state index contributed by atoms with van der Waals surface area (Å²) in [6.45, 7) is 4.21. The number of H-pyrrole nitrogens is 2. The van der Waals surface area contributed by atoms with Gasteiger partial charge >= 0.3 is 0 Å². The van der Waals surface area contributed by atoms with E-state index in [9.17, 15) is 0 Å². The molecule has 0 aliphatic heterocycles. The first kappa shape index (κ1) is 10.8. The van der Waals surface area contributed by atoms with Gasteiger partial charge in [0.1, 0.15) is 0 Å². The molecule has 90 valence electrons. The smallest absolute Gasteiger partial charge is 0.285 e. The van der Waals surface area contributed by atoms with Crippen LogP contribution >= 0.6 is 0 Å². The van der Waals surface area contributed by atoms with Gasteiger partial charge in [-0.05, 0) is 37.6 Å². The van der Waals surface area contributed by atoms with Crippen LogP contribution in [0.25, 0.3) is 22.4 Å². The average Bonchev–Trinajstić information content (AvgIpc) is 2.74. The summed E-state index contributed by atoms with van der Waals surface area (Å²) >= 11 is 0. The molecule has 4 N–H and O–H groups in total. The second-order valence-electron chi connectivity index (χ2n) is 4.75. The molecule has 3 rings (SSSR count). The Morgan fingerprint density at radius 2 is 1.89 bits per heavy atom. The molecule has 3 aromatic rings. The molecule has 0 aliphatic rings. The minimum Gasteiger partial charge on any atom is -0.399 e. The molecule has 3 nitrogen and oxygen atoms in total. The van der Waals surface area contributed by atoms with Crippen LogP contribution in [0.15, 0.2) is 36.4 Å². The fourth-order valence-electron chi connectivity index (χ4n) is 2.21. The van der Waals surface area contributed by atoms with Crippen molar-refractivity contribution in [1.82, 2.24) is 4.98 Å². The topological polar surface area (TPSA) is 56.0 Å². The lowest BCUT2D eigenvalue weighted by atomic mass is 10.1. The zero-order valence-corrected chi connectivity index (χ0v) is 10.5. The highest BCUT2D eigenvalue weighted by atomic mass is 14.9. The normalized spacial score (nSPS) is 11.0. The molecule has 0 saturated heterocycles. The molecule has 1 heterocycles. The van der Waals surface area contributed by atoms with E-state index in [0.29, 0.717) is 0 Å². The van der Waals surface area contributed by atoms with Crippen LogP contribution in [0.2, 0.25) is 0 Å². The van der Waals surface area contributed by atoms with E-state index in [1.165, 1.54) is 16.7 Å². The highest BCUT2D eigenvalue weighted by molar-refractivity contribution is 5.78. The highest BCUT2D eigenvalue weighted by Gasteiger charge is 2.14. The van der Waals surface area contributed by atoms with E-state index in [4.69, 9.17) is 5.73 Å². The second-order valence-corrected chi connectivity index (χ2v) is 4.75. The fourth-order valence-corrected chi connectivity index (χ4v) is 2.21. The maximum absolute atomic E-state index is 5.79. The lowest BCUT2D eigenvalue weighted by molar-refractivity contribution is -0.330. The number of aromatic nitrogens is 2. The molecule has 0 atom stereocenters. The van der Waals surface area contributed by atoms with Crippen molar-refractivity contribution in [3.63, 3.8) is 0 Å². The summed E-state index contributed by atoms with van der Waals surface area (Å²) in [6.07, 6.45) is 0. The van der Waals surface area contributed by atoms with E-state index in [1.807, 2.05) is 18.2 Å². The lowest BCUT2D eigenvalue weighted by Crippen LogP contribution is -2.03. The Balaban J connectivity index is 2.22. The van der Waals surface area contributed by atoms with E-state index in [-0.39, 0.29) is 0 Å². The number of nitrogen functional groups attached to an aromatic ring is 1. The predicted octanol–water partition coefficient (Wildman–Crippen LogP) is 2.85. The van der Waals surface area contributed by atoms with Gasteiger partial charge in [-0.15, -0.1) is 0 Å². The number of nitrogens with two attached hydrogens (primary N) is 1. The number of nitrogens with one attached hydrogen (secondary N) is 2. The number of fused-ring (bicyclic) bond motifs is 1. The van der Waals surface area contributed by atoms with Gasteiger partial charge in [0.15, 0.2) is 11.0 Å². The van der Waals surface area contributed by atoms with Crippen LogP contribution in [0.1, 0.15) is 11.1 Å². The summed E-state index contributed by atoms with van der Waals surface area (Å²) in [5, 5.41) is 0. The lowest BCUT2D eigenvalue weighted by Gasteiger charge is -1.99. The summed E-state index contributed by atoms with van der Waals surface area (Å²) < 4.78 is 0. The van der Waals surface area contributed by atoms with Crippen molar-refractivity contribution in [1.29, 1.82) is 0 Å². The Morgan fingerprint density at radius 3 is 2.72 bits per heavy atom. The van der Waals surface area contributed by atoms with Crippen molar-refractivity contribution in [2.75, 3.05) is 5.73 Å². The maximum atomic E-state index is 5.79. The van der Waals surface area contributed by atoms with Gasteiger partial charge in [-0.2, -0.15) is 0 Å². The minimum atomic E-state index is 0.769. The molecule has 0 saturated carbocycles. The first-order valence-electron chi connectivity index (χ1n) is 6.01. The Kier molecular flexibility index (Phi) is 2.33. The fraction of sp³-hybridized carbons (Fsp3) is 0.133. The first-order chi connectivity index (χ1) is 8.63. The summed E-state index contributed by atoms with van der Waals surface area (Å²) in [5.74, 6) is 1.02. The third-order valence-electron chi connectivity index (χ3n) is 3.23. The largest absolute Gasteiger partial charge is 0.399 e. The summed E-state index contributed by atoms with van der Waals surface area (Å²) in [6, 6.07) is 12.3. The van der Waals surface area contributed by atoms with Crippen molar-refractivity contribution in [3.8, 4) is 11.4 Å². The quantitative estimate of drug-likeness (QED) is 0.629. The molecule has 0 unspecified atom stereocenters. The zero-order chi connectivity index (χ0) is 12.7. The van der Waals surface area contributed by atoms with E-state index in [2.05, 4.69) is 42.0 Å². The Labute approximate surface area is 106 Å². The molecule has 0 radical (unpaired) electrons. The standard InChI is InChI=1S/C15H15N3/c1-9-3-4-10(2)12(7-9)15-17-13-6-5-11(16)8-14(13)18-15/h3-8H,16H2,1-2H3,(H,17,18)/p+1. The summed E-state index contributed by atoms with van der Waals surface area (Å²) in [4.78, 5) is 6.78. The molecule has 0 aliphatic carbocycles. The van der Waals surface area contributed by atoms with Crippen LogP contribution in [0.3, 0.4) is 0 Å². The zero-order valence-electron chi connectivity index (χ0n) is 10.5. The van der Waals surface area contributed by atoms with Gasteiger partial charge < -0.3 is 5.73 Å².